The second kappa shape index (κ2) is 5.68. The van der Waals surface area contributed by atoms with Crippen LogP contribution in [0, 0.1) is 11.3 Å². The van der Waals surface area contributed by atoms with Gasteiger partial charge in [0.2, 0.25) is 0 Å². The molecule has 2 rings (SSSR count). The minimum absolute atomic E-state index is 0.0615. The lowest BCUT2D eigenvalue weighted by molar-refractivity contribution is 0.0696. The highest BCUT2D eigenvalue weighted by Crippen LogP contribution is 2.22. The number of carbonyl (C=O) groups is 1. The van der Waals surface area contributed by atoms with Crippen LogP contribution in [-0.2, 0) is 0 Å². The lowest BCUT2D eigenvalue weighted by atomic mass is 9.94. The van der Waals surface area contributed by atoms with Gasteiger partial charge >= 0.3 is 0 Å². The zero-order valence-corrected chi connectivity index (χ0v) is 10.7. The summed E-state index contributed by atoms with van der Waals surface area (Å²) in [6, 6.07) is 9.30. The molecule has 0 bridgehead atoms. The predicted octanol–water partition coefficient (Wildman–Crippen LogP) is 2.96. The van der Waals surface area contributed by atoms with Crippen molar-refractivity contribution in [2.45, 2.75) is 38.1 Å². The van der Waals surface area contributed by atoms with E-state index in [0.717, 1.165) is 12.8 Å². The van der Waals surface area contributed by atoms with Crippen LogP contribution in [0.15, 0.2) is 24.3 Å². The van der Waals surface area contributed by atoms with Crippen molar-refractivity contribution in [2.75, 3.05) is 7.05 Å². The molecule has 0 spiro atoms. The van der Waals surface area contributed by atoms with E-state index < -0.39 is 0 Å². The topological polar surface area (TPSA) is 44.1 Å². The predicted molar refractivity (Wildman–Crippen MR) is 70.1 cm³/mol. The lowest BCUT2D eigenvalue weighted by Crippen LogP contribution is -2.38. The molecule has 0 unspecified atom stereocenters. The molecule has 0 atom stereocenters. The number of nitrogens with zero attached hydrogens (tertiary/aromatic N) is 2. The van der Waals surface area contributed by atoms with Crippen LogP contribution in [0.2, 0.25) is 0 Å². The normalized spacial score (nSPS) is 16.0. The Morgan fingerprint density at radius 3 is 2.39 bits per heavy atom. The van der Waals surface area contributed by atoms with Crippen LogP contribution in [0.3, 0.4) is 0 Å². The van der Waals surface area contributed by atoms with Gasteiger partial charge in [-0.3, -0.25) is 4.79 Å². The molecule has 1 aromatic carbocycles. The van der Waals surface area contributed by atoms with Crippen molar-refractivity contribution in [2.24, 2.45) is 0 Å². The molecule has 0 radical (unpaired) electrons. The molecule has 3 nitrogen and oxygen atoms in total. The van der Waals surface area contributed by atoms with Gasteiger partial charge in [0.15, 0.2) is 0 Å². The first kappa shape index (κ1) is 12.6. The fourth-order valence-corrected chi connectivity index (χ4v) is 2.53. The van der Waals surface area contributed by atoms with Crippen molar-refractivity contribution in [1.82, 2.24) is 4.90 Å². The Bertz CT molecular complexity index is 452. The first-order valence-electron chi connectivity index (χ1n) is 6.49. The van der Waals surface area contributed by atoms with Crippen LogP contribution in [0.25, 0.3) is 0 Å². The van der Waals surface area contributed by atoms with Gasteiger partial charge in [-0.05, 0) is 37.1 Å². The van der Waals surface area contributed by atoms with Gasteiger partial charge in [0.1, 0.15) is 0 Å². The van der Waals surface area contributed by atoms with Crippen molar-refractivity contribution >= 4 is 5.91 Å². The van der Waals surface area contributed by atoms with Crippen LogP contribution in [0.5, 0.6) is 0 Å². The number of amides is 1. The Labute approximate surface area is 108 Å². The van der Waals surface area contributed by atoms with Crippen LogP contribution in [-0.4, -0.2) is 23.9 Å². The Morgan fingerprint density at radius 1 is 1.22 bits per heavy atom. The zero-order chi connectivity index (χ0) is 13.0. The Kier molecular flexibility index (Phi) is 3.99. The van der Waals surface area contributed by atoms with Gasteiger partial charge in [0.25, 0.3) is 5.91 Å². The van der Waals surface area contributed by atoms with Crippen LogP contribution in [0.4, 0.5) is 0 Å². The fourth-order valence-electron chi connectivity index (χ4n) is 2.53. The van der Waals surface area contributed by atoms with Crippen LogP contribution < -0.4 is 0 Å². The maximum absolute atomic E-state index is 12.3. The quantitative estimate of drug-likeness (QED) is 0.800. The van der Waals surface area contributed by atoms with Gasteiger partial charge in [-0.2, -0.15) is 5.26 Å². The lowest BCUT2D eigenvalue weighted by Gasteiger charge is -2.31. The number of hydrogen-bond acceptors (Lipinski definition) is 2. The van der Waals surface area contributed by atoms with Gasteiger partial charge in [-0.15, -0.1) is 0 Å². The van der Waals surface area contributed by atoms with Gasteiger partial charge < -0.3 is 4.90 Å². The Morgan fingerprint density at radius 2 is 1.83 bits per heavy atom. The second-order valence-electron chi connectivity index (χ2n) is 4.90. The molecule has 0 saturated heterocycles. The summed E-state index contributed by atoms with van der Waals surface area (Å²) in [6.07, 6.45) is 5.94. The molecule has 0 aliphatic heterocycles. The first-order valence-corrected chi connectivity index (χ1v) is 6.49. The molecule has 0 heterocycles. The highest BCUT2D eigenvalue weighted by atomic mass is 16.2. The summed E-state index contributed by atoms with van der Waals surface area (Å²) in [4.78, 5) is 14.1. The third kappa shape index (κ3) is 2.70. The summed E-state index contributed by atoms with van der Waals surface area (Å²) in [5, 5.41) is 8.73. The van der Waals surface area contributed by atoms with E-state index in [2.05, 4.69) is 6.07 Å². The van der Waals surface area contributed by atoms with Gasteiger partial charge in [0.05, 0.1) is 11.6 Å². The molecule has 0 N–H and O–H groups in total. The number of carbonyl (C=O) groups excluding carboxylic acids is 1. The molecule has 18 heavy (non-hydrogen) atoms. The number of nitriles is 1. The smallest absolute Gasteiger partial charge is 0.253 e. The number of rotatable bonds is 2. The SMILES string of the molecule is CN(C(=O)c1ccc(C#N)cc1)C1CCCCC1. The van der Waals surface area contributed by atoms with Crippen molar-refractivity contribution in [3.63, 3.8) is 0 Å². The van der Waals surface area contributed by atoms with Crippen molar-refractivity contribution in [1.29, 1.82) is 5.26 Å². The second-order valence-corrected chi connectivity index (χ2v) is 4.90. The molecule has 94 valence electrons. The minimum atomic E-state index is 0.0615. The molecular formula is C15H18N2O. The summed E-state index contributed by atoms with van der Waals surface area (Å²) < 4.78 is 0. The van der Waals surface area contributed by atoms with E-state index in [-0.39, 0.29) is 5.91 Å². The Balaban J connectivity index is 2.07. The summed E-state index contributed by atoms with van der Waals surface area (Å²) >= 11 is 0. The summed E-state index contributed by atoms with van der Waals surface area (Å²) in [5.41, 5.74) is 1.26. The fraction of sp³-hybridized carbons (Fsp3) is 0.467. The van der Waals surface area contributed by atoms with E-state index in [4.69, 9.17) is 5.26 Å². The summed E-state index contributed by atoms with van der Waals surface area (Å²) in [5.74, 6) is 0.0615. The maximum Gasteiger partial charge on any atom is 0.253 e. The van der Waals surface area contributed by atoms with Crippen molar-refractivity contribution < 1.29 is 4.79 Å². The third-order valence-corrected chi connectivity index (χ3v) is 3.70. The molecule has 0 aromatic heterocycles. The molecule has 1 fully saturated rings. The van der Waals surface area contributed by atoms with Crippen LogP contribution >= 0.6 is 0 Å². The van der Waals surface area contributed by atoms with E-state index in [1.54, 1.807) is 24.3 Å². The van der Waals surface area contributed by atoms with Crippen LogP contribution in [0.1, 0.15) is 48.0 Å². The molecule has 3 heteroatoms. The molecule has 1 aliphatic rings. The average molecular weight is 242 g/mol. The summed E-state index contributed by atoms with van der Waals surface area (Å²) in [6.45, 7) is 0. The van der Waals surface area contributed by atoms with E-state index in [1.807, 2.05) is 11.9 Å². The Hall–Kier alpha value is -1.82. The van der Waals surface area contributed by atoms with E-state index in [1.165, 1.54) is 19.3 Å². The van der Waals surface area contributed by atoms with Gasteiger partial charge in [-0.25, -0.2) is 0 Å². The number of benzene rings is 1. The molecule has 1 aliphatic carbocycles. The summed E-state index contributed by atoms with van der Waals surface area (Å²) in [7, 11) is 1.89. The number of hydrogen-bond donors (Lipinski definition) is 0. The standard InChI is InChI=1S/C15H18N2O/c1-17(14-5-3-2-4-6-14)15(18)13-9-7-12(11-16)8-10-13/h7-10,14H,2-6H2,1H3. The molecule has 1 amide bonds. The van der Waals surface area contributed by atoms with Gasteiger partial charge in [0, 0.05) is 18.7 Å². The van der Waals surface area contributed by atoms with Gasteiger partial charge in [-0.1, -0.05) is 19.3 Å². The largest absolute Gasteiger partial charge is 0.339 e. The monoisotopic (exact) mass is 242 g/mol. The average Bonchev–Trinajstić information content (AvgIpc) is 2.47. The highest BCUT2D eigenvalue weighted by molar-refractivity contribution is 5.94. The van der Waals surface area contributed by atoms with E-state index in [9.17, 15) is 4.79 Å². The van der Waals surface area contributed by atoms with E-state index >= 15 is 0 Å². The van der Waals surface area contributed by atoms with Crippen molar-refractivity contribution in [3.05, 3.63) is 35.4 Å². The van der Waals surface area contributed by atoms with E-state index in [0.29, 0.717) is 17.2 Å². The molecular weight excluding hydrogens is 224 g/mol. The molecule has 1 aromatic rings. The zero-order valence-electron chi connectivity index (χ0n) is 10.7. The maximum atomic E-state index is 12.3. The third-order valence-electron chi connectivity index (χ3n) is 3.70. The molecule has 1 saturated carbocycles. The minimum Gasteiger partial charge on any atom is -0.339 e. The van der Waals surface area contributed by atoms with Crippen molar-refractivity contribution in [3.8, 4) is 6.07 Å². The highest BCUT2D eigenvalue weighted by Gasteiger charge is 2.22. The first-order chi connectivity index (χ1) is 8.72.